The molecule has 3 fully saturated rings. The number of carboxylic acids is 1. The summed E-state index contributed by atoms with van der Waals surface area (Å²) < 4.78 is 26.9. The van der Waals surface area contributed by atoms with Crippen LogP contribution >= 0.6 is 34.8 Å². The zero-order chi connectivity index (χ0) is 75.9. The van der Waals surface area contributed by atoms with E-state index in [0.717, 1.165) is 77.8 Å². The molecule has 0 heterocycles. The van der Waals surface area contributed by atoms with Crippen LogP contribution in [0.3, 0.4) is 0 Å². The van der Waals surface area contributed by atoms with Gasteiger partial charge in [-0.3, -0.25) is 4.79 Å². The quantitative estimate of drug-likeness (QED) is 0.0250. The van der Waals surface area contributed by atoms with E-state index in [1.54, 1.807) is 53.7 Å². The number of esters is 2. The number of carbonyl (C=O) groups is 8. The van der Waals surface area contributed by atoms with Crippen LogP contribution in [0, 0.1) is 35.5 Å². The van der Waals surface area contributed by atoms with Gasteiger partial charge in [-0.2, -0.15) is 0 Å². The fraction of sp³-hybridized carbons (Fsp3) is 0.457. The molecular formula is C81H101BCl3LiNaO18. The minimum absolute atomic E-state index is 0. The molecule has 2 N–H and O–H groups in total. The Labute approximate surface area is 670 Å². The number of rotatable bonds is 15. The van der Waals surface area contributed by atoms with E-state index in [-0.39, 0.29) is 65.8 Å². The zero-order valence-corrected chi connectivity index (χ0v) is 67.9. The maximum atomic E-state index is 11.5. The van der Waals surface area contributed by atoms with Crippen molar-refractivity contribution in [1.82, 2.24) is 0 Å². The monoisotopic (exact) mass is 1510 g/mol. The Morgan fingerprint density at radius 1 is 0.438 bits per heavy atom. The molecular weight excluding hydrogens is 1410 g/mol. The molecule has 0 amide bonds. The van der Waals surface area contributed by atoms with Crippen LogP contribution in [0.25, 0.3) is 0 Å². The molecule has 105 heavy (non-hydrogen) atoms. The largest absolute Gasteiger partial charge is 1.00 e. The minimum atomic E-state index is -1.06. The number of methoxy groups -OCH3 is 2. The van der Waals surface area contributed by atoms with Crippen molar-refractivity contribution in [3.8, 4) is 0 Å². The number of ether oxygens (including phenoxy) is 5. The van der Waals surface area contributed by atoms with Crippen molar-refractivity contribution >= 4 is 91.0 Å². The van der Waals surface area contributed by atoms with Gasteiger partial charge in [-0.05, 0) is 278 Å². The number of benzene rings is 6. The molecule has 9 atom stereocenters. The number of carboxylic acid groups (broad SMARTS) is 1. The van der Waals surface area contributed by atoms with Crippen molar-refractivity contribution in [2.24, 2.45) is 35.5 Å². The Kier molecular flexibility index (Phi) is 44.6. The first-order chi connectivity index (χ1) is 48.0. The first-order valence-corrected chi connectivity index (χ1v) is 35.5. The Morgan fingerprint density at radius 3 is 0.895 bits per heavy atom. The second-order valence-corrected chi connectivity index (χ2v) is 29.4. The van der Waals surface area contributed by atoms with Gasteiger partial charge < -0.3 is 47.0 Å². The molecule has 24 heteroatoms. The van der Waals surface area contributed by atoms with Gasteiger partial charge in [-0.25, -0.2) is 43.3 Å². The predicted octanol–water partition coefficient (Wildman–Crippen LogP) is 13.9. The average Bonchev–Trinajstić information content (AvgIpc) is 1.76. The molecule has 559 valence electrons. The number of carbonyl (C=O) groups excluding carboxylic acids is 7. The summed E-state index contributed by atoms with van der Waals surface area (Å²) in [6, 6.07) is 47.9. The van der Waals surface area contributed by atoms with Gasteiger partial charge >= 0.3 is 90.6 Å². The molecule has 3 unspecified atom stereocenters. The normalized spacial score (nSPS) is 17.6. The van der Waals surface area contributed by atoms with Gasteiger partial charge in [0.1, 0.15) is 11.2 Å². The molecule has 3 aliphatic rings. The summed E-state index contributed by atoms with van der Waals surface area (Å²) in [5, 5.41) is 11.4. The maximum Gasteiger partial charge on any atom is 1.00 e. The van der Waals surface area contributed by atoms with Crippen molar-refractivity contribution in [3.63, 3.8) is 0 Å². The molecule has 0 aromatic heterocycles. The number of aromatic carboxylic acids is 1. The van der Waals surface area contributed by atoms with Gasteiger partial charge in [0.2, 0.25) is 5.97 Å². The molecule has 3 saturated carbocycles. The zero-order valence-electron chi connectivity index (χ0n) is 63.7. The van der Waals surface area contributed by atoms with Crippen LogP contribution in [0.5, 0.6) is 0 Å². The average molecular weight is 1510 g/mol. The summed E-state index contributed by atoms with van der Waals surface area (Å²) in [5.74, 6) is 2.89. The molecule has 0 spiro atoms. The second-order valence-electron chi connectivity index (χ2n) is 28.1. The Morgan fingerprint density at radius 2 is 0.686 bits per heavy atom. The third-order valence-electron chi connectivity index (χ3n) is 18.0. The number of halogens is 3. The molecule has 6 aromatic rings. The van der Waals surface area contributed by atoms with Crippen LogP contribution in [0.4, 0.5) is 9.59 Å². The van der Waals surface area contributed by atoms with E-state index in [9.17, 15) is 38.4 Å². The second kappa shape index (κ2) is 48.6. The van der Waals surface area contributed by atoms with Crippen LogP contribution in [0.15, 0.2) is 146 Å². The summed E-state index contributed by atoms with van der Waals surface area (Å²) in [6.07, 6.45) is 12.5. The number of hydrogen-bond acceptors (Lipinski definition) is 17. The molecule has 0 saturated heterocycles. The van der Waals surface area contributed by atoms with Crippen molar-refractivity contribution in [1.29, 1.82) is 0 Å². The van der Waals surface area contributed by atoms with Gasteiger partial charge in [0, 0.05) is 35.8 Å². The van der Waals surface area contributed by atoms with Gasteiger partial charge in [-0.1, -0.05) is 128 Å². The smallest absolute Gasteiger partial charge is 0.870 e. The van der Waals surface area contributed by atoms with E-state index in [1.165, 1.54) is 112 Å². The van der Waals surface area contributed by atoms with Crippen LogP contribution in [0.1, 0.15) is 223 Å². The molecule has 18 nitrogen and oxygen atoms in total. The third kappa shape index (κ3) is 37.7. The van der Waals surface area contributed by atoms with Crippen LogP contribution in [0.2, 0.25) is 15.1 Å². The summed E-state index contributed by atoms with van der Waals surface area (Å²) in [5.41, 5.74) is 8.20. The van der Waals surface area contributed by atoms with E-state index >= 15 is 0 Å². The minimum Gasteiger partial charge on any atom is -0.870 e. The van der Waals surface area contributed by atoms with Gasteiger partial charge in [-0.15, -0.1) is 0 Å². The fourth-order valence-corrected chi connectivity index (χ4v) is 13.1. The standard InChI is InChI=1S/2C22H25ClO2.C21H23ClO2.C10H18O5.C4H6O4.C2H3BO2.Li.Na.H2O/c2*1-15(18-9-11-21(23)12-10-18)20-8-5-17(14-20)13-16-3-6-19(7-4-16)22(24)25-2;1-14(17-8-10-20(22)11-9-17)19-7-4-16(13-19)12-15-2-5-18(6-3-15)21(23)24;1-9(2,3)14-7(11)13-8(12)15-10(4,5)6;1-3(5)7-8-4(2)6;1-2(4)5-3;;;/h2*3-4,6-7,9-12,15,17,20H,5,8,13-14H2,1-2H3;2-3,5-6,8-11,14,16,19H,4,7,12-13H2,1H3,(H,23,24);1-6H3;1-2H3;1H3;;;1H2/q;;;;;-1;2*+1;/p-1/t2*15-,17?,20+;14-,16?,19+;;;;;;/m111....../s1. The first-order valence-electron chi connectivity index (χ1n) is 34.3. The van der Waals surface area contributed by atoms with Crippen LogP contribution in [-0.4, -0.2) is 92.2 Å². The van der Waals surface area contributed by atoms with Gasteiger partial charge in [0.05, 0.1) is 30.9 Å². The Balaban J connectivity index is 0.000000663. The maximum absolute atomic E-state index is 11.5. The van der Waals surface area contributed by atoms with Gasteiger partial charge in [0.15, 0.2) is 0 Å². The first kappa shape index (κ1) is 96.4. The molecule has 0 bridgehead atoms. The van der Waals surface area contributed by atoms with E-state index < -0.39 is 47.4 Å². The summed E-state index contributed by atoms with van der Waals surface area (Å²) in [4.78, 5) is 92.8. The van der Waals surface area contributed by atoms with Crippen molar-refractivity contribution in [3.05, 3.63) is 211 Å². The van der Waals surface area contributed by atoms with E-state index in [1.807, 2.05) is 72.8 Å². The van der Waals surface area contributed by atoms with E-state index in [2.05, 4.69) is 109 Å². The van der Waals surface area contributed by atoms with Crippen LogP contribution in [-0.2, 0) is 71.8 Å². The molecule has 3 radical (unpaired) electrons. The summed E-state index contributed by atoms with van der Waals surface area (Å²) >= 11 is 18.0. The topological polar surface area (TPSA) is 261 Å². The van der Waals surface area contributed by atoms with Crippen molar-refractivity contribution in [2.45, 2.75) is 189 Å². The summed E-state index contributed by atoms with van der Waals surface area (Å²) in [6.45, 7) is 20.5. The van der Waals surface area contributed by atoms with E-state index in [4.69, 9.17) is 58.9 Å². The molecule has 3 aliphatic carbocycles. The van der Waals surface area contributed by atoms with Crippen molar-refractivity contribution in [2.75, 3.05) is 14.2 Å². The fourth-order valence-electron chi connectivity index (χ4n) is 12.7. The van der Waals surface area contributed by atoms with Gasteiger partial charge in [0.25, 0.3) is 0 Å². The summed E-state index contributed by atoms with van der Waals surface area (Å²) in [7, 11) is 7.15. The third-order valence-corrected chi connectivity index (χ3v) is 18.7. The molecule has 9 rings (SSSR count). The predicted molar refractivity (Wildman–Crippen MR) is 399 cm³/mol. The SMILES string of the molecule is CC(=O)OOC(C)=O.CC(C)(C)OC(=O)OC(=O)OC(C)(C)C.COC(=O)c1ccc(CC2CC[C@H]([C@H](C)c3ccc(Cl)cc3)C2)cc1.COC(=O)c1ccc(CC2CC[C@H]([C@H](C)c3ccc(Cl)cc3)C2)cc1.C[C@H](c1ccc(Cl)cc1)[C@H]1CCC(Cc2ccc(C(=O)O)cc2)C1.[B-]OC(C)=O.[Li+].[Na+].[OH-]. The van der Waals surface area contributed by atoms with E-state index in [0.29, 0.717) is 40.4 Å². The molecule has 0 aliphatic heterocycles. The Bertz CT molecular complexity index is 3440. The molecule has 6 aromatic carbocycles. The Hall–Kier alpha value is -6.63. The number of hydrogen-bond donors (Lipinski definition) is 1. The van der Waals surface area contributed by atoms with Crippen LogP contribution < -0.4 is 48.4 Å². The van der Waals surface area contributed by atoms with Crippen molar-refractivity contribution < 1.29 is 135 Å².